The fourth-order valence-electron chi connectivity index (χ4n) is 2.72. The molecule has 0 radical (unpaired) electrons. The summed E-state index contributed by atoms with van der Waals surface area (Å²) < 4.78 is 18.4. The normalized spacial score (nSPS) is 21.1. The summed E-state index contributed by atoms with van der Waals surface area (Å²) in [6.07, 6.45) is 3.32. The molecule has 1 aromatic rings. The molecule has 3 nitrogen and oxygen atoms in total. The lowest BCUT2D eigenvalue weighted by molar-refractivity contribution is 0.0417. The Morgan fingerprint density at radius 1 is 1.40 bits per heavy atom. The van der Waals surface area contributed by atoms with Crippen molar-refractivity contribution in [1.82, 2.24) is 4.90 Å². The highest BCUT2D eigenvalue weighted by atomic mass is 19.1. The van der Waals surface area contributed by atoms with Crippen molar-refractivity contribution in [2.45, 2.75) is 25.3 Å². The van der Waals surface area contributed by atoms with Gasteiger partial charge in [0.1, 0.15) is 5.82 Å². The lowest BCUT2D eigenvalue weighted by Crippen LogP contribution is -2.32. The Balaban J connectivity index is 1.71. The topological polar surface area (TPSA) is 38.5 Å². The van der Waals surface area contributed by atoms with E-state index in [-0.39, 0.29) is 11.9 Å². The molecule has 4 heteroatoms. The largest absolute Gasteiger partial charge is 0.381 e. The molecule has 2 rings (SSSR count). The first-order valence-corrected chi connectivity index (χ1v) is 7.42. The Bertz CT molecular complexity index is 390. The first-order chi connectivity index (χ1) is 9.65. The van der Waals surface area contributed by atoms with Gasteiger partial charge in [0, 0.05) is 19.2 Å². The van der Waals surface area contributed by atoms with Gasteiger partial charge in [0.25, 0.3) is 0 Å². The maximum atomic E-state index is 12.9. The van der Waals surface area contributed by atoms with Crippen LogP contribution in [0.2, 0.25) is 0 Å². The molecule has 0 amide bonds. The first-order valence-electron chi connectivity index (χ1n) is 7.42. The summed E-state index contributed by atoms with van der Waals surface area (Å²) >= 11 is 0. The van der Waals surface area contributed by atoms with Crippen LogP contribution in [-0.4, -0.2) is 38.3 Å². The summed E-state index contributed by atoms with van der Waals surface area (Å²) in [7, 11) is 2.13. The van der Waals surface area contributed by atoms with Crippen molar-refractivity contribution in [1.29, 1.82) is 0 Å². The van der Waals surface area contributed by atoms with Crippen LogP contribution in [0.3, 0.4) is 0 Å². The molecule has 1 saturated heterocycles. The Hall–Kier alpha value is -0.970. The van der Waals surface area contributed by atoms with E-state index in [1.54, 1.807) is 12.1 Å². The Morgan fingerprint density at radius 3 is 2.80 bits per heavy atom. The van der Waals surface area contributed by atoms with Gasteiger partial charge in [-0.1, -0.05) is 12.1 Å². The van der Waals surface area contributed by atoms with Gasteiger partial charge in [0.05, 0.1) is 6.61 Å². The molecule has 1 aliphatic heterocycles. The summed E-state index contributed by atoms with van der Waals surface area (Å²) in [6.45, 7) is 3.81. The third kappa shape index (κ3) is 4.85. The Kier molecular flexibility index (Phi) is 5.95. The third-order valence-corrected chi connectivity index (χ3v) is 3.94. The minimum atomic E-state index is -0.213. The first kappa shape index (κ1) is 15.4. The van der Waals surface area contributed by atoms with Crippen LogP contribution >= 0.6 is 0 Å². The van der Waals surface area contributed by atoms with Crippen LogP contribution in [0.25, 0.3) is 0 Å². The Labute approximate surface area is 120 Å². The number of nitrogens with two attached hydrogens (primary N) is 1. The van der Waals surface area contributed by atoms with E-state index in [9.17, 15) is 4.39 Å². The molecule has 0 bridgehead atoms. The van der Waals surface area contributed by atoms with Crippen molar-refractivity contribution in [3.05, 3.63) is 35.6 Å². The van der Waals surface area contributed by atoms with Gasteiger partial charge in [-0.05, 0) is 56.5 Å². The van der Waals surface area contributed by atoms with Crippen molar-refractivity contribution >= 4 is 0 Å². The molecular weight excluding hydrogens is 255 g/mol. The third-order valence-electron chi connectivity index (χ3n) is 3.94. The van der Waals surface area contributed by atoms with Crippen molar-refractivity contribution in [3.63, 3.8) is 0 Å². The van der Waals surface area contributed by atoms with Crippen molar-refractivity contribution in [2.24, 2.45) is 11.7 Å². The molecule has 1 heterocycles. The van der Waals surface area contributed by atoms with E-state index >= 15 is 0 Å². The second kappa shape index (κ2) is 7.72. The highest BCUT2D eigenvalue weighted by molar-refractivity contribution is 5.19. The van der Waals surface area contributed by atoms with Crippen LogP contribution in [0, 0.1) is 11.7 Å². The molecule has 2 unspecified atom stereocenters. The average Bonchev–Trinajstić information content (AvgIpc) is 2.46. The number of hydrogen-bond acceptors (Lipinski definition) is 3. The zero-order valence-corrected chi connectivity index (χ0v) is 12.2. The number of hydrogen-bond donors (Lipinski definition) is 1. The maximum absolute atomic E-state index is 12.9. The number of halogens is 1. The minimum Gasteiger partial charge on any atom is -0.381 e. The van der Waals surface area contributed by atoms with Gasteiger partial charge in [-0.2, -0.15) is 0 Å². The second-order valence-electron chi connectivity index (χ2n) is 5.79. The van der Waals surface area contributed by atoms with Crippen LogP contribution in [-0.2, 0) is 4.74 Å². The molecule has 1 aromatic carbocycles. The van der Waals surface area contributed by atoms with Crippen LogP contribution in [0.5, 0.6) is 0 Å². The molecule has 0 spiro atoms. The van der Waals surface area contributed by atoms with Crippen LogP contribution in [0.15, 0.2) is 24.3 Å². The van der Waals surface area contributed by atoms with Crippen LogP contribution in [0.1, 0.15) is 30.9 Å². The van der Waals surface area contributed by atoms with E-state index in [0.29, 0.717) is 5.92 Å². The summed E-state index contributed by atoms with van der Waals surface area (Å²) in [6, 6.07) is 6.46. The second-order valence-corrected chi connectivity index (χ2v) is 5.79. The maximum Gasteiger partial charge on any atom is 0.123 e. The van der Waals surface area contributed by atoms with Gasteiger partial charge in [0.2, 0.25) is 0 Å². The fraction of sp³-hybridized carbons (Fsp3) is 0.625. The van der Waals surface area contributed by atoms with E-state index in [1.807, 2.05) is 0 Å². The Morgan fingerprint density at radius 2 is 2.15 bits per heavy atom. The lowest BCUT2D eigenvalue weighted by atomic mass is 10.0. The highest BCUT2D eigenvalue weighted by Gasteiger charge is 2.16. The molecule has 2 N–H and O–H groups in total. The van der Waals surface area contributed by atoms with Gasteiger partial charge in [-0.25, -0.2) is 4.39 Å². The van der Waals surface area contributed by atoms with Crippen LogP contribution < -0.4 is 5.73 Å². The number of ether oxygens (including phenoxy) is 1. The molecule has 1 fully saturated rings. The number of benzene rings is 1. The van der Waals surface area contributed by atoms with E-state index in [0.717, 1.165) is 38.3 Å². The van der Waals surface area contributed by atoms with Crippen molar-refractivity contribution in [3.8, 4) is 0 Å². The predicted molar refractivity (Wildman–Crippen MR) is 79.0 cm³/mol. The van der Waals surface area contributed by atoms with Gasteiger partial charge in [-0.15, -0.1) is 0 Å². The molecule has 0 aromatic heterocycles. The van der Waals surface area contributed by atoms with Gasteiger partial charge >= 0.3 is 0 Å². The molecule has 0 aliphatic carbocycles. The zero-order chi connectivity index (χ0) is 14.4. The fourth-order valence-corrected chi connectivity index (χ4v) is 2.72. The summed E-state index contributed by atoms with van der Waals surface area (Å²) in [5, 5.41) is 0. The summed E-state index contributed by atoms with van der Waals surface area (Å²) in [4.78, 5) is 2.32. The van der Waals surface area contributed by atoms with Crippen molar-refractivity contribution < 1.29 is 9.13 Å². The monoisotopic (exact) mass is 280 g/mol. The SMILES string of the molecule is CN(CCC(N)c1ccc(F)cc1)CC1CCCOC1. The van der Waals surface area contributed by atoms with E-state index in [2.05, 4.69) is 11.9 Å². The molecule has 1 aliphatic rings. The van der Waals surface area contributed by atoms with Gasteiger partial charge in [0.15, 0.2) is 0 Å². The average molecular weight is 280 g/mol. The molecule has 0 saturated carbocycles. The minimum absolute atomic E-state index is 0.0272. The smallest absolute Gasteiger partial charge is 0.123 e. The van der Waals surface area contributed by atoms with Gasteiger partial charge in [-0.3, -0.25) is 0 Å². The molecule has 20 heavy (non-hydrogen) atoms. The lowest BCUT2D eigenvalue weighted by Gasteiger charge is -2.27. The predicted octanol–water partition coefficient (Wildman–Crippen LogP) is 2.57. The number of nitrogens with zero attached hydrogens (tertiary/aromatic N) is 1. The summed E-state index contributed by atoms with van der Waals surface area (Å²) in [5.41, 5.74) is 7.15. The van der Waals surface area contributed by atoms with E-state index in [4.69, 9.17) is 10.5 Å². The van der Waals surface area contributed by atoms with Crippen molar-refractivity contribution in [2.75, 3.05) is 33.4 Å². The standard InChI is InChI=1S/C16H25FN2O/c1-19(11-13-3-2-10-20-12-13)9-8-16(18)14-4-6-15(17)7-5-14/h4-7,13,16H,2-3,8-12,18H2,1H3. The van der Waals surface area contributed by atoms with E-state index < -0.39 is 0 Å². The summed E-state index contributed by atoms with van der Waals surface area (Å²) in [5.74, 6) is 0.436. The highest BCUT2D eigenvalue weighted by Crippen LogP contribution is 2.17. The molecule has 2 atom stereocenters. The zero-order valence-electron chi connectivity index (χ0n) is 12.2. The quantitative estimate of drug-likeness (QED) is 0.870. The molecule has 112 valence electrons. The molecular formula is C16H25FN2O. The number of rotatable bonds is 6. The van der Waals surface area contributed by atoms with Crippen LogP contribution in [0.4, 0.5) is 4.39 Å². The van der Waals surface area contributed by atoms with Gasteiger partial charge < -0.3 is 15.4 Å². The van der Waals surface area contributed by atoms with E-state index in [1.165, 1.54) is 25.0 Å².